The molecule has 2 nitrogen and oxygen atoms in total. The van der Waals surface area contributed by atoms with Gasteiger partial charge in [-0.3, -0.25) is 0 Å². The van der Waals surface area contributed by atoms with Crippen LogP contribution >= 0.6 is 11.8 Å². The lowest BCUT2D eigenvalue weighted by Crippen LogP contribution is -2.33. The minimum atomic E-state index is 0.400. The smallest absolute Gasteiger partial charge is 0.123 e. The summed E-state index contributed by atoms with van der Waals surface area (Å²) in [6, 6.07) is 9.38. The van der Waals surface area contributed by atoms with Gasteiger partial charge in [0.05, 0.1) is 7.11 Å². The molecule has 0 radical (unpaired) electrons. The predicted octanol–water partition coefficient (Wildman–Crippen LogP) is 3.63. The van der Waals surface area contributed by atoms with Crippen LogP contribution in [0.4, 0.5) is 0 Å². The third-order valence-corrected chi connectivity index (χ3v) is 4.91. The summed E-state index contributed by atoms with van der Waals surface area (Å²) in [5.41, 5.74) is 1.28. The van der Waals surface area contributed by atoms with Crippen molar-refractivity contribution >= 4 is 11.8 Å². The van der Waals surface area contributed by atoms with Gasteiger partial charge in [0, 0.05) is 28.6 Å². The molecule has 1 saturated heterocycles. The molecule has 2 rings (SSSR count). The van der Waals surface area contributed by atoms with Crippen molar-refractivity contribution in [3.05, 3.63) is 29.8 Å². The maximum Gasteiger partial charge on any atom is 0.123 e. The number of nitrogens with one attached hydrogen (secondary N) is 1. The van der Waals surface area contributed by atoms with E-state index in [4.69, 9.17) is 4.74 Å². The van der Waals surface area contributed by atoms with Crippen molar-refractivity contribution in [1.29, 1.82) is 0 Å². The first-order valence-corrected chi connectivity index (χ1v) is 7.80. The summed E-state index contributed by atoms with van der Waals surface area (Å²) in [6.07, 6.45) is 2.37. The fourth-order valence-electron chi connectivity index (χ4n) is 2.60. The number of benzene rings is 1. The molecule has 3 heteroatoms. The molecule has 3 unspecified atom stereocenters. The lowest BCUT2D eigenvalue weighted by atomic mass is 10.0. The van der Waals surface area contributed by atoms with Crippen molar-refractivity contribution in [3.8, 4) is 5.75 Å². The number of methoxy groups -OCH3 is 1. The van der Waals surface area contributed by atoms with Gasteiger partial charge in [-0.05, 0) is 18.9 Å². The third kappa shape index (κ3) is 3.21. The van der Waals surface area contributed by atoms with Crippen LogP contribution in [-0.4, -0.2) is 24.2 Å². The van der Waals surface area contributed by atoms with Gasteiger partial charge in [-0.25, -0.2) is 0 Å². The van der Waals surface area contributed by atoms with Crippen molar-refractivity contribution in [2.45, 2.75) is 44.0 Å². The van der Waals surface area contributed by atoms with E-state index < -0.39 is 0 Å². The highest BCUT2D eigenvalue weighted by Gasteiger charge is 2.25. The summed E-state index contributed by atoms with van der Waals surface area (Å²) in [4.78, 5) is 0. The molecule has 0 saturated carbocycles. The predicted molar refractivity (Wildman–Crippen MR) is 79.5 cm³/mol. The lowest BCUT2D eigenvalue weighted by Gasteiger charge is -2.23. The molecule has 0 aliphatic carbocycles. The molecule has 0 bridgehead atoms. The van der Waals surface area contributed by atoms with E-state index in [0.29, 0.717) is 12.1 Å². The summed E-state index contributed by atoms with van der Waals surface area (Å²) in [5, 5.41) is 4.58. The number of para-hydroxylation sites is 1. The highest BCUT2D eigenvalue weighted by molar-refractivity contribution is 8.00. The maximum atomic E-state index is 5.47. The van der Waals surface area contributed by atoms with Gasteiger partial charge in [0.25, 0.3) is 0 Å². The topological polar surface area (TPSA) is 21.3 Å². The van der Waals surface area contributed by atoms with Gasteiger partial charge in [-0.15, -0.1) is 0 Å². The normalized spacial score (nSPS) is 25.1. The Balaban J connectivity index is 2.08. The van der Waals surface area contributed by atoms with Crippen LogP contribution in [0.2, 0.25) is 0 Å². The third-order valence-electron chi connectivity index (χ3n) is 3.56. The first-order chi connectivity index (χ1) is 8.74. The van der Waals surface area contributed by atoms with Gasteiger partial charge in [0.2, 0.25) is 0 Å². The monoisotopic (exact) mass is 265 g/mol. The van der Waals surface area contributed by atoms with Crippen LogP contribution in [0.1, 0.15) is 38.3 Å². The van der Waals surface area contributed by atoms with Crippen LogP contribution in [0.25, 0.3) is 0 Å². The summed E-state index contributed by atoms with van der Waals surface area (Å²) < 4.78 is 5.47. The molecule has 0 aromatic heterocycles. The van der Waals surface area contributed by atoms with Gasteiger partial charge >= 0.3 is 0 Å². The molecule has 1 heterocycles. The molecule has 0 spiro atoms. The number of hydrogen-bond donors (Lipinski definition) is 1. The van der Waals surface area contributed by atoms with Crippen molar-refractivity contribution < 1.29 is 4.74 Å². The van der Waals surface area contributed by atoms with E-state index in [2.05, 4.69) is 43.1 Å². The first-order valence-electron chi connectivity index (χ1n) is 6.75. The Kier molecular flexibility index (Phi) is 4.95. The van der Waals surface area contributed by atoms with E-state index in [9.17, 15) is 0 Å². The van der Waals surface area contributed by atoms with Gasteiger partial charge in [-0.2, -0.15) is 11.8 Å². The zero-order chi connectivity index (χ0) is 13.0. The number of rotatable bonds is 5. The summed E-state index contributed by atoms with van der Waals surface area (Å²) in [6.45, 7) is 4.55. The summed E-state index contributed by atoms with van der Waals surface area (Å²) in [5.74, 6) is 2.22. The van der Waals surface area contributed by atoms with Crippen molar-refractivity contribution in [1.82, 2.24) is 5.32 Å². The van der Waals surface area contributed by atoms with E-state index in [-0.39, 0.29) is 0 Å². The maximum absolute atomic E-state index is 5.47. The van der Waals surface area contributed by atoms with E-state index in [1.165, 1.54) is 17.7 Å². The molecular weight excluding hydrogens is 242 g/mol. The van der Waals surface area contributed by atoms with E-state index in [0.717, 1.165) is 17.4 Å². The molecule has 3 atom stereocenters. The van der Waals surface area contributed by atoms with E-state index in [1.807, 2.05) is 12.1 Å². The Morgan fingerprint density at radius 3 is 2.83 bits per heavy atom. The standard InChI is InChI=1S/C15H23NOS/c1-4-14(16-12-9-11(2)18-10-12)13-7-5-6-8-15(13)17-3/h5-8,11-12,14,16H,4,9-10H2,1-3H3. The molecule has 100 valence electrons. The lowest BCUT2D eigenvalue weighted by molar-refractivity contribution is 0.386. The Labute approximate surface area is 114 Å². The molecule has 0 amide bonds. The van der Waals surface area contributed by atoms with Gasteiger partial charge < -0.3 is 10.1 Å². The Bertz CT molecular complexity index is 383. The first kappa shape index (κ1) is 13.8. The van der Waals surface area contributed by atoms with Crippen LogP contribution in [0, 0.1) is 0 Å². The fraction of sp³-hybridized carbons (Fsp3) is 0.600. The average molecular weight is 265 g/mol. The number of ether oxygens (including phenoxy) is 1. The van der Waals surface area contributed by atoms with Crippen LogP contribution in [0.3, 0.4) is 0 Å². The molecule has 1 N–H and O–H groups in total. The van der Waals surface area contributed by atoms with E-state index >= 15 is 0 Å². The SMILES string of the molecule is CCC(NC1CSC(C)C1)c1ccccc1OC. The van der Waals surface area contributed by atoms with Crippen LogP contribution in [0.15, 0.2) is 24.3 Å². The second kappa shape index (κ2) is 6.48. The Hall–Kier alpha value is -0.670. The fourth-order valence-corrected chi connectivity index (χ4v) is 3.76. The summed E-state index contributed by atoms with van der Waals surface area (Å²) >= 11 is 2.07. The highest BCUT2D eigenvalue weighted by atomic mass is 32.2. The zero-order valence-electron chi connectivity index (χ0n) is 11.5. The Morgan fingerprint density at radius 1 is 1.44 bits per heavy atom. The van der Waals surface area contributed by atoms with Gasteiger partial charge in [-0.1, -0.05) is 32.0 Å². The minimum absolute atomic E-state index is 0.400. The van der Waals surface area contributed by atoms with Gasteiger partial charge in [0.15, 0.2) is 0 Å². The quantitative estimate of drug-likeness (QED) is 0.878. The Morgan fingerprint density at radius 2 is 2.22 bits per heavy atom. The molecule has 1 fully saturated rings. The number of hydrogen-bond acceptors (Lipinski definition) is 3. The average Bonchev–Trinajstić information content (AvgIpc) is 2.81. The van der Waals surface area contributed by atoms with Crippen LogP contribution in [0.5, 0.6) is 5.75 Å². The molecule has 1 aliphatic heterocycles. The second-order valence-corrected chi connectivity index (χ2v) is 6.42. The molecular formula is C15H23NOS. The van der Waals surface area contributed by atoms with Crippen LogP contribution < -0.4 is 10.1 Å². The van der Waals surface area contributed by atoms with Crippen LogP contribution in [-0.2, 0) is 0 Å². The minimum Gasteiger partial charge on any atom is -0.496 e. The zero-order valence-corrected chi connectivity index (χ0v) is 12.3. The largest absolute Gasteiger partial charge is 0.496 e. The molecule has 1 aromatic carbocycles. The van der Waals surface area contributed by atoms with Gasteiger partial charge in [0.1, 0.15) is 5.75 Å². The second-order valence-electron chi connectivity index (χ2n) is 4.95. The molecule has 1 aliphatic rings. The van der Waals surface area contributed by atoms with Crippen molar-refractivity contribution in [2.24, 2.45) is 0 Å². The summed E-state index contributed by atoms with van der Waals surface area (Å²) in [7, 11) is 1.75. The number of thioether (sulfide) groups is 1. The van der Waals surface area contributed by atoms with Crippen molar-refractivity contribution in [3.63, 3.8) is 0 Å². The highest BCUT2D eigenvalue weighted by Crippen LogP contribution is 2.31. The molecule has 1 aromatic rings. The molecule has 18 heavy (non-hydrogen) atoms. The van der Waals surface area contributed by atoms with Crippen molar-refractivity contribution in [2.75, 3.05) is 12.9 Å². The van der Waals surface area contributed by atoms with E-state index in [1.54, 1.807) is 7.11 Å².